The van der Waals surface area contributed by atoms with Gasteiger partial charge >= 0.3 is 0 Å². The number of hydrogen-bond acceptors (Lipinski definition) is 2. The van der Waals surface area contributed by atoms with E-state index in [4.69, 9.17) is 4.74 Å². The third kappa shape index (κ3) is 3.51. The summed E-state index contributed by atoms with van der Waals surface area (Å²) in [4.78, 5) is 0. The summed E-state index contributed by atoms with van der Waals surface area (Å²) in [6, 6.07) is 12.5. The van der Waals surface area contributed by atoms with Gasteiger partial charge in [-0.3, -0.25) is 0 Å². The molecule has 0 saturated heterocycles. The first-order valence-electron chi connectivity index (χ1n) is 6.23. The Morgan fingerprint density at radius 2 is 1.89 bits per heavy atom. The molecule has 1 N–H and O–H groups in total. The molecule has 100 valence electrons. The van der Waals surface area contributed by atoms with Crippen LogP contribution in [0.5, 0.6) is 5.75 Å². The predicted octanol–water partition coefficient (Wildman–Crippen LogP) is 4.69. The number of methoxy groups -OCH3 is 1. The topological polar surface area (TPSA) is 21.3 Å². The number of rotatable bonds is 4. The molecule has 0 radical (unpaired) electrons. The molecule has 2 aromatic rings. The molecule has 0 bridgehead atoms. The maximum atomic E-state index is 5.36. The lowest BCUT2D eigenvalue weighted by molar-refractivity contribution is 0.416. The zero-order valence-electron chi connectivity index (χ0n) is 11.5. The molecule has 2 nitrogen and oxygen atoms in total. The van der Waals surface area contributed by atoms with Gasteiger partial charge in [0.2, 0.25) is 0 Å². The van der Waals surface area contributed by atoms with E-state index in [9.17, 15) is 0 Å². The Bertz CT molecular complexity index is 581. The minimum atomic E-state index is 0.786. The first kappa shape index (κ1) is 13.9. The van der Waals surface area contributed by atoms with E-state index in [-0.39, 0.29) is 0 Å². The average molecular weight is 320 g/mol. The quantitative estimate of drug-likeness (QED) is 0.883. The molecular formula is C16H18BrNO. The van der Waals surface area contributed by atoms with Crippen molar-refractivity contribution in [2.24, 2.45) is 0 Å². The Labute approximate surface area is 122 Å². The maximum absolute atomic E-state index is 5.36. The Kier molecular flexibility index (Phi) is 4.48. The molecule has 2 rings (SSSR count). The highest BCUT2D eigenvalue weighted by molar-refractivity contribution is 9.10. The summed E-state index contributed by atoms with van der Waals surface area (Å²) < 4.78 is 6.50. The monoisotopic (exact) mass is 319 g/mol. The summed E-state index contributed by atoms with van der Waals surface area (Å²) in [6.45, 7) is 4.96. The normalized spacial score (nSPS) is 10.3. The number of benzene rings is 2. The second kappa shape index (κ2) is 6.11. The molecule has 0 spiro atoms. The summed E-state index contributed by atoms with van der Waals surface area (Å²) in [5, 5.41) is 3.43. The lowest BCUT2D eigenvalue weighted by atomic mass is 10.1. The Balaban J connectivity index is 2.13. The van der Waals surface area contributed by atoms with Crippen molar-refractivity contribution in [2.45, 2.75) is 20.4 Å². The van der Waals surface area contributed by atoms with Crippen molar-refractivity contribution in [3.63, 3.8) is 0 Å². The third-order valence-corrected chi connectivity index (χ3v) is 3.95. The van der Waals surface area contributed by atoms with Crippen LogP contribution in [0.4, 0.5) is 5.69 Å². The van der Waals surface area contributed by atoms with Crippen molar-refractivity contribution in [1.29, 1.82) is 0 Å². The van der Waals surface area contributed by atoms with Crippen molar-refractivity contribution >= 4 is 21.6 Å². The lowest BCUT2D eigenvalue weighted by Gasteiger charge is -2.12. The van der Waals surface area contributed by atoms with Gasteiger partial charge in [-0.25, -0.2) is 0 Å². The molecule has 0 aliphatic carbocycles. The fourth-order valence-electron chi connectivity index (χ4n) is 1.97. The maximum Gasteiger partial charge on any atom is 0.141 e. The van der Waals surface area contributed by atoms with Crippen molar-refractivity contribution in [3.05, 3.63) is 57.6 Å². The predicted molar refractivity (Wildman–Crippen MR) is 83.9 cm³/mol. The van der Waals surface area contributed by atoms with Gasteiger partial charge in [0.25, 0.3) is 0 Å². The van der Waals surface area contributed by atoms with Crippen LogP contribution in [0.25, 0.3) is 0 Å². The smallest absolute Gasteiger partial charge is 0.141 e. The highest BCUT2D eigenvalue weighted by Gasteiger charge is 2.03. The molecule has 0 fully saturated rings. The fraction of sp³-hybridized carbons (Fsp3) is 0.250. The van der Waals surface area contributed by atoms with Crippen LogP contribution in [0.3, 0.4) is 0 Å². The molecule has 19 heavy (non-hydrogen) atoms. The van der Waals surface area contributed by atoms with E-state index in [1.807, 2.05) is 12.1 Å². The van der Waals surface area contributed by atoms with Crippen LogP contribution >= 0.6 is 15.9 Å². The van der Waals surface area contributed by atoms with E-state index in [0.717, 1.165) is 22.5 Å². The zero-order chi connectivity index (χ0) is 13.8. The minimum Gasteiger partial charge on any atom is -0.495 e. The van der Waals surface area contributed by atoms with Gasteiger partial charge in [0.1, 0.15) is 5.75 Å². The Hall–Kier alpha value is -1.48. The standard InChI is InChI=1S/C16H18BrNO/c1-11-4-7-16(19-3)15(8-11)18-10-13-5-6-14(17)12(2)9-13/h4-9,18H,10H2,1-3H3. The number of ether oxygens (including phenoxy) is 1. The van der Waals surface area contributed by atoms with Gasteiger partial charge in [-0.15, -0.1) is 0 Å². The molecule has 0 aliphatic heterocycles. The van der Waals surface area contributed by atoms with Gasteiger partial charge in [0, 0.05) is 11.0 Å². The number of hydrogen-bond donors (Lipinski definition) is 1. The molecule has 0 aromatic heterocycles. The lowest BCUT2D eigenvalue weighted by Crippen LogP contribution is -2.02. The van der Waals surface area contributed by atoms with Gasteiger partial charge in [0.15, 0.2) is 0 Å². The van der Waals surface area contributed by atoms with Crippen molar-refractivity contribution in [3.8, 4) is 5.75 Å². The fourth-order valence-corrected chi connectivity index (χ4v) is 2.22. The molecule has 2 aromatic carbocycles. The summed E-state index contributed by atoms with van der Waals surface area (Å²) in [7, 11) is 1.69. The molecule has 0 atom stereocenters. The Morgan fingerprint density at radius 1 is 1.11 bits per heavy atom. The molecule has 0 aliphatic rings. The molecule has 0 unspecified atom stereocenters. The van der Waals surface area contributed by atoms with Crippen molar-refractivity contribution in [2.75, 3.05) is 12.4 Å². The second-order valence-corrected chi connectivity index (χ2v) is 5.50. The van der Waals surface area contributed by atoms with Crippen LogP contribution < -0.4 is 10.1 Å². The van der Waals surface area contributed by atoms with Crippen LogP contribution in [0, 0.1) is 13.8 Å². The van der Waals surface area contributed by atoms with Gasteiger partial charge < -0.3 is 10.1 Å². The first-order chi connectivity index (χ1) is 9.10. The zero-order valence-corrected chi connectivity index (χ0v) is 13.0. The largest absolute Gasteiger partial charge is 0.495 e. The van der Waals surface area contributed by atoms with Crippen LogP contribution in [-0.4, -0.2) is 7.11 Å². The van der Waals surface area contributed by atoms with Gasteiger partial charge in [-0.2, -0.15) is 0 Å². The second-order valence-electron chi connectivity index (χ2n) is 4.64. The molecule has 0 saturated carbocycles. The molecule has 0 amide bonds. The Morgan fingerprint density at radius 3 is 2.58 bits per heavy atom. The highest BCUT2D eigenvalue weighted by Crippen LogP contribution is 2.26. The molecule has 0 heterocycles. The van der Waals surface area contributed by atoms with Gasteiger partial charge in [-0.1, -0.05) is 34.1 Å². The van der Waals surface area contributed by atoms with E-state index in [0.29, 0.717) is 0 Å². The summed E-state index contributed by atoms with van der Waals surface area (Å²) in [5.74, 6) is 0.874. The van der Waals surface area contributed by atoms with E-state index in [1.54, 1.807) is 7.11 Å². The van der Waals surface area contributed by atoms with Crippen LogP contribution in [-0.2, 0) is 6.54 Å². The van der Waals surface area contributed by atoms with E-state index >= 15 is 0 Å². The van der Waals surface area contributed by atoms with Crippen molar-refractivity contribution in [1.82, 2.24) is 0 Å². The number of anilines is 1. The highest BCUT2D eigenvalue weighted by atomic mass is 79.9. The first-order valence-corrected chi connectivity index (χ1v) is 7.03. The van der Waals surface area contributed by atoms with Gasteiger partial charge in [-0.05, 0) is 48.7 Å². The van der Waals surface area contributed by atoms with Crippen molar-refractivity contribution < 1.29 is 4.74 Å². The van der Waals surface area contributed by atoms with Gasteiger partial charge in [0.05, 0.1) is 12.8 Å². The summed E-state index contributed by atoms with van der Waals surface area (Å²) >= 11 is 3.52. The van der Waals surface area contributed by atoms with E-state index in [1.165, 1.54) is 16.7 Å². The number of halogens is 1. The van der Waals surface area contributed by atoms with E-state index < -0.39 is 0 Å². The number of nitrogens with one attached hydrogen (secondary N) is 1. The van der Waals surface area contributed by atoms with Crippen LogP contribution in [0.1, 0.15) is 16.7 Å². The summed E-state index contributed by atoms with van der Waals surface area (Å²) in [5.41, 5.74) is 4.75. The van der Waals surface area contributed by atoms with E-state index in [2.05, 4.69) is 59.4 Å². The average Bonchev–Trinajstić information content (AvgIpc) is 2.40. The minimum absolute atomic E-state index is 0.786. The third-order valence-electron chi connectivity index (χ3n) is 3.06. The summed E-state index contributed by atoms with van der Waals surface area (Å²) in [6.07, 6.45) is 0. The van der Waals surface area contributed by atoms with Crippen LogP contribution in [0.15, 0.2) is 40.9 Å². The SMILES string of the molecule is COc1ccc(C)cc1NCc1ccc(Br)c(C)c1. The van der Waals surface area contributed by atoms with Crippen LogP contribution in [0.2, 0.25) is 0 Å². The molecule has 3 heteroatoms. The number of aryl methyl sites for hydroxylation is 2. The molecular weight excluding hydrogens is 302 g/mol.